The van der Waals surface area contributed by atoms with Gasteiger partial charge < -0.3 is 5.11 Å². The maximum absolute atomic E-state index is 9.93. The Morgan fingerprint density at radius 1 is 0.938 bits per heavy atom. The van der Waals surface area contributed by atoms with Crippen LogP contribution in [0.25, 0.3) is 21.8 Å². The predicted octanol–water partition coefficient (Wildman–Crippen LogP) is 3.14. The number of halogens is 1. The summed E-state index contributed by atoms with van der Waals surface area (Å²) in [6, 6.07) is 7.30. The van der Waals surface area contributed by atoms with Crippen molar-refractivity contribution in [1.82, 2.24) is 9.97 Å². The molecule has 3 nitrogen and oxygen atoms in total. The van der Waals surface area contributed by atoms with Crippen LogP contribution in [0.5, 0.6) is 5.75 Å². The smallest absolute Gasteiger partial charge is 0.161 e. The van der Waals surface area contributed by atoms with Crippen molar-refractivity contribution in [2.45, 2.75) is 0 Å². The van der Waals surface area contributed by atoms with Gasteiger partial charge in [0.15, 0.2) is 5.75 Å². The van der Waals surface area contributed by atoms with Gasteiger partial charge in [0.1, 0.15) is 5.52 Å². The molecule has 1 N–H and O–H groups in total. The molecule has 0 fully saturated rings. The van der Waals surface area contributed by atoms with Crippen molar-refractivity contribution in [3.05, 3.63) is 41.7 Å². The van der Waals surface area contributed by atoms with Crippen LogP contribution in [0, 0.1) is 0 Å². The zero-order valence-electron chi connectivity index (χ0n) is 8.18. The molecule has 0 aliphatic carbocycles. The molecule has 0 atom stereocenters. The van der Waals surface area contributed by atoms with Gasteiger partial charge in [-0.05, 0) is 24.3 Å². The molecule has 3 rings (SSSR count). The normalized spacial score (nSPS) is 11.1. The first-order chi connectivity index (χ1) is 7.79. The Labute approximate surface area is 96.3 Å². The summed E-state index contributed by atoms with van der Waals surface area (Å²) in [7, 11) is 0. The number of aromatic nitrogens is 2. The third-order valence-electron chi connectivity index (χ3n) is 2.54. The van der Waals surface area contributed by atoms with Crippen molar-refractivity contribution in [3.8, 4) is 5.75 Å². The fraction of sp³-hybridized carbons (Fsp3) is 0. The number of fused-ring (bicyclic) bond motifs is 3. The van der Waals surface area contributed by atoms with Gasteiger partial charge in [-0.25, -0.2) is 0 Å². The summed E-state index contributed by atoms with van der Waals surface area (Å²) in [4.78, 5) is 8.39. The summed E-state index contributed by atoms with van der Waals surface area (Å²) >= 11 is 6.07. The van der Waals surface area contributed by atoms with Crippen LogP contribution in [0.15, 0.2) is 36.7 Å². The summed E-state index contributed by atoms with van der Waals surface area (Å²) in [5.74, 6) is 0.0118. The number of hydrogen-bond donors (Lipinski definition) is 1. The Balaban J connectivity index is 2.69. The molecule has 0 aliphatic heterocycles. The van der Waals surface area contributed by atoms with E-state index in [2.05, 4.69) is 9.97 Å². The largest absolute Gasteiger partial charge is 0.504 e. The SMILES string of the molecule is Oc1c(Cl)c2cccnc2c2cccnc12. The monoisotopic (exact) mass is 230 g/mol. The minimum absolute atomic E-state index is 0.0118. The average molecular weight is 231 g/mol. The van der Waals surface area contributed by atoms with Gasteiger partial charge >= 0.3 is 0 Å². The van der Waals surface area contributed by atoms with Gasteiger partial charge in [-0.1, -0.05) is 11.6 Å². The molecule has 0 unspecified atom stereocenters. The van der Waals surface area contributed by atoms with Crippen molar-refractivity contribution in [1.29, 1.82) is 0 Å². The van der Waals surface area contributed by atoms with E-state index in [1.54, 1.807) is 18.5 Å². The first-order valence-electron chi connectivity index (χ1n) is 4.79. The Kier molecular flexibility index (Phi) is 1.94. The lowest BCUT2D eigenvalue weighted by Crippen LogP contribution is -1.86. The van der Waals surface area contributed by atoms with Crippen molar-refractivity contribution in [2.24, 2.45) is 0 Å². The van der Waals surface area contributed by atoms with Gasteiger partial charge in [0.25, 0.3) is 0 Å². The molecule has 0 bridgehead atoms. The molecule has 78 valence electrons. The molecule has 0 saturated carbocycles. The predicted molar refractivity (Wildman–Crippen MR) is 63.7 cm³/mol. The highest BCUT2D eigenvalue weighted by atomic mass is 35.5. The van der Waals surface area contributed by atoms with Crippen LogP contribution in [0.2, 0.25) is 5.02 Å². The maximum Gasteiger partial charge on any atom is 0.161 e. The minimum Gasteiger partial charge on any atom is -0.504 e. The Hall–Kier alpha value is -1.87. The minimum atomic E-state index is 0.0118. The number of hydrogen-bond acceptors (Lipinski definition) is 3. The molecule has 0 aliphatic rings. The van der Waals surface area contributed by atoms with Gasteiger partial charge in [0, 0.05) is 23.2 Å². The second-order valence-electron chi connectivity index (χ2n) is 3.46. The van der Waals surface area contributed by atoms with Crippen molar-refractivity contribution < 1.29 is 5.11 Å². The molecule has 1 aromatic carbocycles. The highest BCUT2D eigenvalue weighted by Crippen LogP contribution is 2.38. The van der Waals surface area contributed by atoms with Crippen LogP contribution in [0.4, 0.5) is 0 Å². The van der Waals surface area contributed by atoms with Crippen LogP contribution in [0.3, 0.4) is 0 Å². The summed E-state index contributed by atoms with van der Waals surface area (Å²) in [5, 5.41) is 11.8. The van der Waals surface area contributed by atoms with E-state index in [0.29, 0.717) is 10.5 Å². The van der Waals surface area contributed by atoms with Crippen LogP contribution in [0.1, 0.15) is 0 Å². The molecular formula is C12H7ClN2O. The topological polar surface area (TPSA) is 46.0 Å². The van der Waals surface area contributed by atoms with Gasteiger partial charge in [-0.15, -0.1) is 0 Å². The molecule has 3 aromatic rings. The van der Waals surface area contributed by atoms with Crippen molar-refractivity contribution in [2.75, 3.05) is 0 Å². The highest BCUT2D eigenvalue weighted by Gasteiger charge is 2.12. The average Bonchev–Trinajstić information content (AvgIpc) is 2.36. The molecule has 2 heterocycles. The fourth-order valence-corrected chi connectivity index (χ4v) is 2.06. The standard InChI is InChI=1S/C12H7ClN2O/c13-9-7-3-1-5-14-10(7)8-4-2-6-15-11(8)12(9)16/h1-6,16H. The van der Waals surface area contributed by atoms with E-state index in [9.17, 15) is 5.11 Å². The Morgan fingerprint density at radius 3 is 2.31 bits per heavy atom. The molecule has 16 heavy (non-hydrogen) atoms. The first kappa shape index (κ1) is 9.36. The zero-order valence-corrected chi connectivity index (χ0v) is 8.94. The van der Waals surface area contributed by atoms with Gasteiger partial charge in [-0.3, -0.25) is 9.97 Å². The van der Waals surface area contributed by atoms with E-state index < -0.39 is 0 Å². The number of phenolic OH excluding ortho intramolecular Hbond substituents is 1. The van der Waals surface area contributed by atoms with E-state index in [1.807, 2.05) is 18.2 Å². The summed E-state index contributed by atoms with van der Waals surface area (Å²) in [5.41, 5.74) is 1.24. The zero-order chi connectivity index (χ0) is 11.1. The third-order valence-corrected chi connectivity index (χ3v) is 2.92. The molecule has 0 spiro atoms. The molecule has 2 aromatic heterocycles. The number of aromatic hydroxyl groups is 1. The van der Waals surface area contributed by atoms with E-state index >= 15 is 0 Å². The third kappa shape index (κ3) is 1.15. The van der Waals surface area contributed by atoms with Crippen molar-refractivity contribution >= 4 is 33.4 Å². The first-order valence-corrected chi connectivity index (χ1v) is 5.16. The summed E-state index contributed by atoms with van der Waals surface area (Å²) in [6.45, 7) is 0. The lowest BCUT2D eigenvalue weighted by Gasteiger charge is -2.06. The second kappa shape index (κ2) is 3.32. The van der Waals surface area contributed by atoms with E-state index in [-0.39, 0.29) is 5.75 Å². The molecule has 0 saturated heterocycles. The summed E-state index contributed by atoms with van der Waals surface area (Å²) < 4.78 is 0. The Morgan fingerprint density at radius 2 is 1.56 bits per heavy atom. The van der Waals surface area contributed by atoms with Gasteiger partial charge in [0.2, 0.25) is 0 Å². The van der Waals surface area contributed by atoms with Crippen LogP contribution in [-0.2, 0) is 0 Å². The highest BCUT2D eigenvalue weighted by molar-refractivity contribution is 6.39. The fourth-order valence-electron chi connectivity index (χ4n) is 1.81. The van der Waals surface area contributed by atoms with E-state index in [1.165, 1.54) is 0 Å². The molecule has 4 heteroatoms. The van der Waals surface area contributed by atoms with Gasteiger partial charge in [0.05, 0.1) is 10.5 Å². The molecular weight excluding hydrogens is 224 g/mol. The van der Waals surface area contributed by atoms with Crippen LogP contribution in [-0.4, -0.2) is 15.1 Å². The summed E-state index contributed by atoms with van der Waals surface area (Å²) in [6.07, 6.45) is 3.31. The Bertz CT molecular complexity index is 636. The maximum atomic E-state index is 9.93. The molecule has 0 radical (unpaired) electrons. The lowest BCUT2D eigenvalue weighted by molar-refractivity contribution is 0.481. The number of rotatable bonds is 0. The quantitative estimate of drug-likeness (QED) is 0.604. The molecule has 0 amide bonds. The number of pyridine rings is 2. The number of nitrogens with zero attached hydrogens (tertiary/aromatic N) is 2. The lowest BCUT2D eigenvalue weighted by atomic mass is 10.1. The van der Waals surface area contributed by atoms with Crippen LogP contribution < -0.4 is 0 Å². The van der Waals surface area contributed by atoms with Crippen molar-refractivity contribution in [3.63, 3.8) is 0 Å². The second-order valence-corrected chi connectivity index (χ2v) is 3.84. The van der Waals surface area contributed by atoms with Crippen LogP contribution >= 0.6 is 11.6 Å². The van der Waals surface area contributed by atoms with Gasteiger partial charge in [-0.2, -0.15) is 0 Å². The van der Waals surface area contributed by atoms with E-state index in [0.717, 1.165) is 16.3 Å². The number of phenols is 1. The van der Waals surface area contributed by atoms with E-state index in [4.69, 9.17) is 11.6 Å². The number of benzene rings is 1.